The standard InChI is InChI=1S/C17H27N2O.HI/c1-17(2,3)19(14-10-6-5-7-11-14)16(20)15-12-8-9-13-18(15)4;/h8-9,12-14H,5-7,10-11H2,1-4H3;1H/q+1;/p-1. The van der Waals surface area contributed by atoms with Crippen LogP contribution in [0.5, 0.6) is 0 Å². The summed E-state index contributed by atoms with van der Waals surface area (Å²) >= 11 is 0. The number of pyridine rings is 1. The summed E-state index contributed by atoms with van der Waals surface area (Å²) in [4.78, 5) is 15.1. The molecule has 4 heteroatoms. The smallest absolute Gasteiger partial charge is 0.319 e. The largest absolute Gasteiger partial charge is 1.00 e. The van der Waals surface area contributed by atoms with Crippen LogP contribution in [-0.2, 0) is 7.05 Å². The first-order chi connectivity index (χ1) is 9.41. The van der Waals surface area contributed by atoms with E-state index >= 15 is 0 Å². The highest BCUT2D eigenvalue weighted by atomic mass is 127. The first kappa shape index (κ1) is 18.4. The predicted octanol–water partition coefficient (Wildman–Crippen LogP) is 0.0885. The highest BCUT2D eigenvalue weighted by Gasteiger charge is 2.37. The number of aromatic nitrogens is 1. The third-order valence-electron chi connectivity index (χ3n) is 4.16. The zero-order chi connectivity index (χ0) is 14.8. The van der Waals surface area contributed by atoms with Crippen LogP contribution in [0, 0.1) is 0 Å². The second kappa shape index (κ2) is 7.56. The fraction of sp³-hybridized carbons (Fsp3) is 0.647. The number of amides is 1. The van der Waals surface area contributed by atoms with Crippen molar-refractivity contribution in [2.75, 3.05) is 0 Å². The average Bonchev–Trinajstić information content (AvgIpc) is 2.39. The van der Waals surface area contributed by atoms with Crippen LogP contribution >= 0.6 is 0 Å². The van der Waals surface area contributed by atoms with Crippen LogP contribution in [0.15, 0.2) is 24.4 Å². The van der Waals surface area contributed by atoms with Crippen LogP contribution in [0.25, 0.3) is 0 Å². The highest BCUT2D eigenvalue weighted by Crippen LogP contribution is 2.29. The van der Waals surface area contributed by atoms with Crippen LogP contribution in [0.4, 0.5) is 0 Å². The molecule has 0 bridgehead atoms. The van der Waals surface area contributed by atoms with Gasteiger partial charge < -0.3 is 28.9 Å². The molecule has 0 aromatic carbocycles. The van der Waals surface area contributed by atoms with Gasteiger partial charge in [-0.2, -0.15) is 4.57 Å². The molecule has 2 rings (SSSR count). The maximum atomic E-state index is 13.0. The van der Waals surface area contributed by atoms with Crippen LogP contribution in [0.1, 0.15) is 63.4 Å². The van der Waals surface area contributed by atoms with E-state index < -0.39 is 0 Å². The monoisotopic (exact) mass is 402 g/mol. The molecule has 1 aliphatic rings. The number of carbonyl (C=O) groups is 1. The molecule has 0 radical (unpaired) electrons. The van der Waals surface area contributed by atoms with Crippen molar-refractivity contribution in [3.63, 3.8) is 0 Å². The van der Waals surface area contributed by atoms with Gasteiger partial charge in [-0.05, 0) is 39.7 Å². The Morgan fingerprint density at radius 2 is 1.81 bits per heavy atom. The molecule has 1 heterocycles. The minimum absolute atomic E-state index is 0. The third-order valence-corrected chi connectivity index (χ3v) is 4.16. The predicted molar refractivity (Wildman–Crippen MR) is 80.4 cm³/mol. The van der Waals surface area contributed by atoms with Crippen LogP contribution in [-0.4, -0.2) is 22.4 Å². The molecule has 0 atom stereocenters. The zero-order valence-corrected chi connectivity index (χ0v) is 15.8. The molecular formula is C17H27IN2O. The lowest BCUT2D eigenvalue weighted by atomic mass is 9.90. The van der Waals surface area contributed by atoms with Crippen molar-refractivity contribution in [1.29, 1.82) is 0 Å². The van der Waals surface area contributed by atoms with Gasteiger partial charge in [-0.25, -0.2) is 0 Å². The minimum Gasteiger partial charge on any atom is -1.00 e. The molecule has 0 unspecified atom stereocenters. The van der Waals surface area contributed by atoms with Crippen molar-refractivity contribution in [3.05, 3.63) is 30.1 Å². The summed E-state index contributed by atoms with van der Waals surface area (Å²) in [6.07, 6.45) is 8.01. The van der Waals surface area contributed by atoms with Gasteiger partial charge >= 0.3 is 5.91 Å². The van der Waals surface area contributed by atoms with Crippen molar-refractivity contribution in [1.82, 2.24) is 4.90 Å². The van der Waals surface area contributed by atoms with Gasteiger partial charge in [0, 0.05) is 23.7 Å². The van der Waals surface area contributed by atoms with E-state index in [4.69, 9.17) is 0 Å². The Morgan fingerprint density at radius 1 is 1.19 bits per heavy atom. The summed E-state index contributed by atoms with van der Waals surface area (Å²) in [5, 5.41) is 0. The molecule has 3 nitrogen and oxygen atoms in total. The third kappa shape index (κ3) is 4.41. The Bertz CT molecular complexity index is 476. The van der Waals surface area contributed by atoms with Crippen molar-refractivity contribution < 1.29 is 33.3 Å². The van der Waals surface area contributed by atoms with Crippen molar-refractivity contribution in [2.24, 2.45) is 7.05 Å². The highest BCUT2D eigenvalue weighted by molar-refractivity contribution is 5.91. The molecule has 118 valence electrons. The molecule has 0 spiro atoms. The van der Waals surface area contributed by atoms with Gasteiger partial charge in [0.2, 0.25) is 0 Å². The maximum Gasteiger partial charge on any atom is 0.319 e. The topological polar surface area (TPSA) is 24.2 Å². The quantitative estimate of drug-likeness (QED) is 0.508. The lowest BCUT2D eigenvalue weighted by Gasteiger charge is -2.42. The fourth-order valence-corrected chi connectivity index (χ4v) is 3.23. The van der Waals surface area contributed by atoms with Gasteiger partial charge in [0.15, 0.2) is 6.20 Å². The molecule has 0 N–H and O–H groups in total. The zero-order valence-electron chi connectivity index (χ0n) is 13.6. The van der Waals surface area contributed by atoms with Crippen LogP contribution in [0.2, 0.25) is 0 Å². The summed E-state index contributed by atoms with van der Waals surface area (Å²) in [7, 11) is 1.94. The van der Waals surface area contributed by atoms with E-state index in [1.165, 1.54) is 19.3 Å². The van der Waals surface area contributed by atoms with E-state index in [-0.39, 0.29) is 35.4 Å². The number of nitrogens with zero attached hydrogens (tertiary/aromatic N) is 2. The summed E-state index contributed by atoms with van der Waals surface area (Å²) in [6.45, 7) is 6.42. The molecular weight excluding hydrogens is 375 g/mol. The van der Waals surface area contributed by atoms with Gasteiger partial charge in [-0.1, -0.05) is 19.3 Å². The van der Waals surface area contributed by atoms with E-state index in [9.17, 15) is 4.79 Å². The van der Waals surface area contributed by atoms with Gasteiger partial charge in [-0.3, -0.25) is 4.79 Å². The Balaban J connectivity index is 0.00000220. The van der Waals surface area contributed by atoms with E-state index in [1.54, 1.807) is 0 Å². The molecule has 0 aliphatic heterocycles. The molecule has 1 fully saturated rings. The summed E-state index contributed by atoms with van der Waals surface area (Å²) < 4.78 is 1.92. The number of hydrogen-bond donors (Lipinski definition) is 0. The number of rotatable bonds is 2. The van der Waals surface area contributed by atoms with Gasteiger partial charge in [0.1, 0.15) is 7.05 Å². The van der Waals surface area contributed by atoms with E-state index in [1.807, 2.05) is 36.0 Å². The van der Waals surface area contributed by atoms with Crippen LogP contribution in [0.3, 0.4) is 0 Å². The number of carbonyl (C=O) groups excluding carboxylic acids is 1. The maximum absolute atomic E-state index is 13.0. The summed E-state index contributed by atoms with van der Waals surface area (Å²) in [5.41, 5.74) is 0.634. The first-order valence-electron chi connectivity index (χ1n) is 7.69. The molecule has 0 saturated heterocycles. The number of halogens is 1. The van der Waals surface area contributed by atoms with E-state index in [0.717, 1.165) is 18.5 Å². The second-order valence-corrected chi connectivity index (χ2v) is 6.83. The Hall–Kier alpha value is -0.650. The molecule has 1 saturated carbocycles. The Labute approximate surface area is 145 Å². The van der Waals surface area contributed by atoms with Gasteiger partial charge in [-0.15, -0.1) is 0 Å². The Kier molecular flexibility index (Phi) is 6.63. The SMILES string of the molecule is C[n+]1ccccc1C(=O)N(C1CCCCC1)C(C)(C)C.[I-]. The van der Waals surface area contributed by atoms with Gasteiger partial charge in [0.05, 0.1) is 0 Å². The molecule has 1 aromatic rings. The molecule has 1 amide bonds. The lowest BCUT2D eigenvalue weighted by molar-refractivity contribution is -0.673. The second-order valence-electron chi connectivity index (χ2n) is 6.83. The minimum atomic E-state index is -0.137. The number of hydrogen-bond acceptors (Lipinski definition) is 1. The summed E-state index contributed by atoms with van der Waals surface area (Å²) in [6, 6.07) is 6.20. The van der Waals surface area contributed by atoms with Crippen LogP contribution < -0.4 is 28.5 Å². The van der Waals surface area contributed by atoms with Gasteiger partial charge in [0.25, 0.3) is 5.69 Å². The first-order valence-corrected chi connectivity index (χ1v) is 7.69. The fourth-order valence-electron chi connectivity index (χ4n) is 3.23. The normalized spacial score (nSPS) is 16.2. The molecule has 1 aromatic heterocycles. The molecule has 21 heavy (non-hydrogen) atoms. The lowest BCUT2D eigenvalue weighted by Crippen LogP contribution is -3.00. The van der Waals surface area contributed by atoms with Crippen molar-refractivity contribution >= 4 is 5.91 Å². The van der Waals surface area contributed by atoms with Crippen molar-refractivity contribution in [3.8, 4) is 0 Å². The molecule has 1 aliphatic carbocycles. The van der Waals surface area contributed by atoms with E-state index in [2.05, 4.69) is 25.7 Å². The summed E-state index contributed by atoms with van der Waals surface area (Å²) in [5.74, 6) is 0.160. The number of aryl methyl sites for hydroxylation is 1. The van der Waals surface area contributed by atoms with E-state index in [0.29, 0.717) is 6.04 Å². The average molecular weight is 402 g/mol. The Morgan fingerprint density at radius 3 is 2.33 bits per heavy atom. The van der Waals surface area contributed by atoms with Crippen molar-refractivity contribution in [2.45, 2.75) is 64.5 Å².